The number of amides is 1. The highest BCUT2D eigenvalue weighted by Gasteiger charge is 2.27. The van der Waals surface area contributed by atoms with Gasteiger partial charge in [-0.3, -0.25) is 9.59 Å². The molecule has 0 atom stereocenters. The van der Waals surface area contributed by atoms with Gasteiger partial charge in [0.25, 0.3) is 0 Å². The van der Waals surface area contributed by atoms with E-state index in [4.69, 9.17) is 0 Å². The molecule has 0 spiro atoms. The van der Waals surface area contributed by atoms with Crippen LogP contribution in [0.4, 0.5) is 13.2 Å². The van der Waals surface area contributed by atoms with Crippen LogP contribution < -0.4 is 5.32 Å². The summed E-state index contributed by atoms with van der Waals surface area (Å²) in [7, 11) is 0. The Morgan fingerprint density at radius 3 is 2.75 bits per heavy atom. The lowest BCUT2D eigenvalue weighted by molar-refractivity contribution is -0.138. The van der Waals surface area contributed by atoms with Crippen LogP contribution in [0.25, 0.3) is 0 Å². The summed E-state index contributed by atoms with van der Waals surface area (Å²) < 4.78 is 36.1. The minimum absolute atomic E-state index is 0.00335. The molecule has 1 aromatic rings. The predicted octanol–water partition coefficient (Wildman–Crippen LogP) is -0.231. The fourth-order valence-electron chi connectivity index (χ4n) is 0.847. The maximum Gasteiger partial charge on any atom is 0.405 e. The Hall–Kier alpha value is -1.93. The average molecular weight is 236 g/mol. The van der Waals surface area contributed by atoms with Crippen LogP contribution in [-0.2, 0) is 11.3 Å². The Kier molecular flexibility index (Phi) is 3.59. The highest BCUT2D eigenvalue weighted by Crippen LogP contribution is 2.11. The van der Waals surface area contributed by atoms with Crippen molar-refractivity contribution in [3.63, 3.8) is 0 Å². The van der Waals surface area contributed by atoms with E-state index in [1.165, 1.54) is 0 Å². The number of carbonyl (C=O) groups excluding carboxylic acids is 2. The highest BCUT2D eigenvalue weighted by molar-refractivity contribution is 5.76. The predicted molar refractivity (Wildman–Crippen MR) is 44.5 cm³/mol. The normalized spacial score (nSPS) is 11.2. The molecule has 0 saturated heterocycles. The topological polar surface area (TPSA) is 76.9 Å². The molecule has 1 amide bonds. The van der Waals surface area contributed by atoms with Gasteiger partial charge in [0.15, 0.2) is 6.29 Å². The van der Waals surface area contributed by atoms with Crippen molar-refractivity contribution in [3.05, 3.63) is 11.9 Å². The molecule has 1 N–H and O–H groups in total. The number of alkyl halides is 3. The SMILES string of the molecule is O=Cc1cn(CC(=O)NCC(F)(F)F)nn1. The number of aromatic nitrogens is 3. The number of hydrogen-bond donors (Lipinski definition) is 1. The summed E-state index contributed by atoms with van der Waals surface area (Å²) >= 11 is 0. The van der Waals surface area contributed by atoms with Crippen LogP contribution in [-0.4, -0.2) is 39.9 Å². The summed E-state index contributed by atoms with van der Waals surface area (Å²) in [5.41, 5.74) is 0.00335. The van der Waals surface area contributed by atoms with Crippen LogP contribution in [0.2, 0.25) is 0 Å². The fourth-order valence-corrected chi connectivity index (χ4v) is 0.847. The molecule has 0 unspecified atom stereocenters. The molecule has 0 aromatic carbocycles. The first kappa shape index (κ1) is 12.1. The maximum absolute atomic E-state index is 11.7. The lowest BCUT2D eigenvalue weighted by Crippen LogP contribution is -2.35. The van der Waals surface area contributed by atoms with E-state index in [2.05, 4.69) is 10.3 Å². The van der Waals surface area contributed by atoms with Gasteiger partial charge in [0.05, 0.1) is 6.20 Å². The summed E-state index contributed by atoms with van der Waals surface area (Å²) in [6, 6.07) is 0. The molecule has 1 heterocycles. The van der Waals surface area contributed by atoms with Crippen LogP contribution in [0, 0.1) is 0 Å². The molecule has 0 aliphatic heterocycles. The molecule has 9 heteroatoms. The summed E-state index contributed by atoms with van der Waals surface area (Å²) in [5.74, 6) is -0.861. The number of nitrogens with zero attached hydrogens (tertiary/aromatic N) is 3. The second-order valence-electron chi connectivity index (χ2n) is 2.85. The zero-order valence-corrected chi connectivity index (χ0v) is 7.86. The smallest absolute Gasteiger partial charge is 0.345 e. The van der Waals surface area contributed by atoms with Crippen LogP contribution in [0.15, 0.2) is 6.20 Å². The van der Waals surface area contributed by atoms with Gasteiger partial charge in [-0.05, 0) is 0 Å². The molecular weight excluding hydrogens is 229 g/mol. The largest absolute Gasteiger partial charge is 0.405 e. The van der Waals surface area contributed by atoms with Crippen molar-refractivity contribution >= 4 is 12.2 Å². The quantitative estimate of drug-likeness (QED) is 0.732. The molecule has 16 heavy (non-hydrogen) atoms. The summed E-state index contributed by atoms with van der Waals surface area (Å²) in [6.07, 6.45) is -2.89. The van der Waals surface area contributed by atoms with Gasteiger partial charge in [-0.15, -0.1) is 5.10 Å². The van der Waals surface area contributed by atoms with E-state index in [9.17, 15) is 22.8 Å². The van der Waals surface area contributed by atoms with Crippen LogP contribution in [0.1, 0.15) is 10.5 Å². The van der Waals surface area contributed by atoms with E-state index >= 15 is 0 Å². The number of halogens is 3. The summed E-state index contributed by atoms with van der Waals surface area (Å²) in [6.45, 7) is -1.82. The second kappa shape index (κ2) is 4.73. The second-order valence-corrected chi connectivity index (χ2v) is 2.85. The molecule has 0 aliphatic carbocycles. The van der Waals surface area contributed by atoms with Crippen LogP contribution >= 0.6 is 0 Å². The van der Waals surface area contributed by atoms with E-state index in [1.807, 2.05) is 0 Å². The molecule has 0 bridgehead atoms. The van der Waals surface area contributed by atoms with E-state index in [0.29, 0.717) is 6.29 Å². The zero-order chi connectivity index (χ0) is 12.2. The Morgan fingerprint density at radius 1 is 1.56 bits per heavy atom. The first-order valence-corrected chi connectivity index (χ1v) is 4.09. The summed E-state index contributed by atoms with van der Waals surface area (Å²) in [4.78, 5) is 21.2. The first-order valence-electron chi connectivity index (χ1n) is 4.09. The number of aldehydes is 1. The average Bonchev–Trinajstić information content (AvgIpc) is 2.61. The zero-order valence-electron chi connectivity index (χ0n) is 7.86. The van der Waals surface area contributed by atoms with Gasteiger partial charge in [-0.1, -0.05) is 5.21 Å². The van der Waals surface area contributed by atoms with Crippen LogP contribution in [0.5, 0.6) is 0 Å². The summed E-state index contributed by atoms with van der Waals surface area (Å²) in [5, 5.41) is 8.36. The minimum atomic E-state index is -4.45. The van der Waals surface area contributed by atoms with Gasteiger partial charge in [-0.25, -0.2) is 4.68 Å². The number of nitrogens with one attached hydrogen (secondary N) is 1. The van der Waals surface area contributed by atoms with Crippen molar-refractivity contribution in [1.82, 2.24) is 20.3 Å². The van der Waals surface area contributed by atoms with Gasteiger partial charge >= 0.3 is 6.18 Å². The molecule has 6 nitrogen and oxygen atoms in total. The molecule has 1 rings (SSSR count). The molecule has 0 saturated carbocycles. The lowest BCUT2D eigenvalue weighted by Gasteiger charge is -2.07. The van der Waals surface area contributed by atoms with Crippen molar-refractivity contribution in [2.45, 2.75) is 12.7 Å². The maximum atomic E-state index is 11.7. The van der Waals surface area contributed by atoms with Crippen molar-refractivity contribution < 1.29 is 22.8 Å². The van der Waals surface area contributed by atoms with E-state index in [0.717, 1.165) is 10.9 Å². The first-order chi connectivity index (χ1) is 7.40. The Balaban J connectivity index is 2.42. The van der Waals surface area contributed by atoms with Crippen molar-refractivity contribution in [3.8, 4) is 0 Å². The van der Waals surface area contributed by atoms with E-state index in [-0.39, 0.29) is 5.69 Å². The van der Waals surface area contributed by atoms with Gasteiger partial charge in [0.2, 0.25) is 5.91 Å². The van der Waals surface area contributed by atoms with Gasteiger partial charge in [0.1, 0.15) is 18.8 Å². The Labute approximate surface area is 87.4 Å². The molecule has 88 valence electrons. The minimum Gasteiger partial charge on any atom is -0.345 e. The van der Waals surface area contributed by atoms with Crippen LogP contribution in [0.3, 0.4) is 0 Å². The van der Waals surface area contributed by atoms with E-state index in [1.54, 1.807) is 5.32 Å². The molecule has 0 radical (unpaired) electrons. The fraction of sp³-hybridized carbons (Fsp3) is 0.429. The lowest BCUT2D eigenvalue weighted by atomic mass is 10.5. The molecular formula is C7H7F3N4O2. The Morgan fingerprint density at radius 2 is 2.25 bits per heavy atom. The molecule has 0 aliphatic rings. The molecule has 1 aromatic heterocycles. The third kappa shape index (κ3) is 4.07. The number of rotatable bonds is 4. The van der Waals surface area contributed by atoms with E-state index < -0.39 is 25.2 Å². The number of hydrogen-bond acceptors (Lipinski definition) is 4. The molecule has 0 fully saturated rings. The third-order valence-corrected chi connectivity index (χ3v) is 1.47. The van der Waals surface area contributed by atoms with Gasteiger partial charge in [0, 0.05) is 0 Å². The standard InChI is InChI=1S/C7H7F3N4O2/c8-7(9,10)4-11-6(16)2-14-1-5(3-15)12-13-14/h1,3H,2,4H2,(H,11,16). The third-order valence-electron chi connectivity index (χ3n) is 1.47. The van der Waals surface area contributed by atoms with Crippen molar-refractivity contribution in [2.75, 3.05) is 6.54 Å². The van der Waals surface area contributed by atoms with Gasteiger partial charge in [-0.2, -0.15) is 13.2 Å². The monoisotopic (exact) mass is 236 g/mol. The highest BCUT2D eigenvalue weighted by atomic mass is 19.4. The van der Waals surface area contributed by atoms with Crippen molar-refractivity contribution in [2.24, 2.45) is 0 Å². The van der Waals surface area contributed by atoms with Crippen molar-refractivity contribution in [1.29, 1.82) is 0 Å². The Bertz CT molecular complexity index is 387. The van der Waals surface area contributed by atoms with Gasteiger partial charge < -0.3 is 5.32 Å². The number of carbonyl (C=O) groups is 2.